The van der Waals surface area contributed by atoms with Crippen LogP contribution in [0.2, 0.25) is 5.02 Å². The van der Waals surface area contributed by atoms with Crippen molar-refractivity contribution in [3.05, 3.63) is 70.5 Å². The third kappa shape index (κ3) is 4.18. The van der Waals surface area contributed by atoms with Crippen LogP contribution in [-0.4, -0.2) is 24.7 Å². The fourth-order valence-corrected chi connectivity index (χ4v) is 3.26. The van der Waals surface area contributed by atoms with Gasteiger partial charge in [0.05, 0.1) is 12.1 Å². The molecule has 0 saturated carbocycles. The smallest absolute Gasteiger partial charge is 0.249 e. The zero-order valence-corrected chi connectivity index (χ0v) is 14.4. The fourth-order valence-electron chi connectivity index (χ4n) is 3.01. The Hall–Kier alpha value is -1.95. The molecule has 3 atom stereocenters. The van der Waals surface area contributed by atoms with Crippen molar-refractivity contribution in [2.75, 3.05) is 6.54 Å². The first-order chi connectivity index (χ1) is 12.1. The number of benzene rings is 2. The highest BCUT2D eigenvalue weighted by atomic mass is 35.5. The van der Waals surface area contributed by atoms with Crippen LogP contribution in [0.25, 0.3) is 0 Å². The van der Waals surface area contributed by atoms with Gasteiger partial charge in [-0.15, -0.1) is 0 Å². The van der Waals surface area contributed by atoms with E-state index in [0.29, 0.717) is 18.0 Å². The molecule has 1 aliphatic heterocycles. The summed E-state index contributed by atoms with van der Waals surface area (Å²) in [5.74, 6) is -0.553. The molecule has 3 rings (SSSR count). The van der Waals surface area contributed by atoms with E-state index in [2.05, 4.69) is 5.32 Å². The predicted molar refractivity (Wildman–Crippen MR) is 94.8 cm³/mol. The topological polar surface area (TPSA) is 64.4 Å². The number of hydrogen-bond acceptors (Lipinski definition) is 3. The first-order valence-corrected chi connectivity index (χ1v) is 8.62. The van der Waals surface area contributed by atoms with Crippen molar-refractivity contribution in [3.8, 4) is 0 Å². The highest BCUT2D eigenvalue weighted by molar-refractivity contribution is 6.31. The number of rotatable bonds is 5. The van der Waals surface area contributed by atoms with E-state index in [1.807, 2.05) is 18.2 Å². The van der Waals surface area contributed by atoms with Crippen LogP contribution < -0.4 is 11.1 Å². The van der Waals surface area contributed by atoms with Crippen molar-refractivity contribution in [3.63, 3.8) is 0 Å². The molecule has 0 radical (unpaired) electrons. The second-order valence-electron chi connectivity index (χ2n) is 6.07. The molecule has 4 nitrogen and oxygen atoms in total. The van der Waals surface area contributed by atoms with Crippen LogP contribution in [0.3, 0.4) is 0 Å². The van der Waals surface area contributed by atoms with E-state index in [0.717, 1.165) is 17.5 Å². The predicted octanol–water partition coefficient (Wildman–Crippen LogP) is 3.19. The minimum atomic E-state index is -0.529. The molecule has 0 aliphatic carbocycles. The Labute approximate surface area is 151 Å². The molecule has 1 heterocycles. The van der Waals surface area contributed by atoms with Gasteiger partial charge in [0.25, 0.3) is 0 Å². The van der Waals surface area contributed by atoms with Gasteiger partial charge in [0.1, 0.15) is 11.9 Å². The second-order valence-corrected chi connectivity index (χ2v) is 6.48. The third-order valence-corrected chi connectivity index (χ3v) is 4.71. The molecule has 1 amide bonds. The molecule has 0 spiro atoms. The van der Waals surface area contributed by atoms with Crippen LogP contribution in [0.1, 0.15) is 30.0 Å². The molecule has 0 aromatic heterocycles. The zero-order valence-electron chi connectivity index (χ0n) is 13.6. The number of nitrogens with one attached hydrogen (secondary N) is 1. The van der Waals surface area contributed by atoms with E-state index in [1.165, 1.54) is 12.1 Å². The van der Waals surface area contributed by atoms with Crippen molar-refractivity contribution in [2.24, 2.45) is 5.73 Å². The van der Waals surface area contributed by atoms with Gasteiger partial charge in [0.15, 0.2) is 0 Å². The lowest BCUT2D eigenvalue weighted by atomic mass is 9.98. The number of amides is 1. The molecule has 6 heteroatoms. The summed E-state index contributed by atoms with van der Waals surface area (Å²) in [7, 11) is 0. The van der Waals surface area contributed by atoms with Crippen LogP contribution in [0.15, 0.2) is 48.5 Å². The van der Waals surface area contributed by atoms with Gasteiger partial charge in [-0.2, -0.15) is 0 Å². The Morgan fingerprint density at radius 1 is 1.24 bits per heavy atom. The van der Waals surface area contributed by atoms with Gasteiger partial charge in [0, 0.05) is 11.6 Å². The number of carbonyl (C=O) groups is 1. The van der Waals surface area contributed by atoms with Crippen molar-refractivity contribution >= 4 is 17.5 Å². The maximum Gasteiger partial charge on any atom is 0.249 e. The van der Waals surface area contributed by atoms with Crippen molar-refractivity contribution < 1.29 is 13.9 Å². The van der Waals surface area contributed by atoms with Crippen LogP contribution in [-0.2, 0) is 9.53 Å². The SMILES string of the molecule is NC[C@H]1CC[C@@H](C(=O)NC(c2ccc(F)cc2)c2ccccc2Cl)O1. The van der Waals surface area contributed by atoms with Gasteiger partial charge in [-0.05, 0) is 42.2 Å². The third-order valence-electron chi connectivity index (χ3n) is 4.37. The Balaban J connectivity index is 1.85. The Kier molecular flexibility index (Phi) is 5.68. The Morgan fingerprint density at radius 2 is 1.96 bits per heavy atom. The van der Waals surface area contributed by atoms with E-state index in [1.54, 1.807) is 18.2 Å². The summed E-state index contributed by atoms with van der Waals surface area (Å²) in [6.07, 6.45) is 0.785. The summed E-state index contributed by atoms with van der Waals surface area (Å²) in [5.41, 5.74) is 7.10. The van der Waals surface area contributed by atoms with Crippen molar-refractivity contribution in [2.45, 2.75) is 31.1 Å². The van der Waals surface area contributed by atoms with Gasteiger partial charge in [-0.1, -0.05) is 41.9 Å². The Bertz CT molecular complexity index is 738. The second kappa shape index (κ2) is 7.95. The first kappa shape index (κ1) is 17.9. The summed E-state index contributed by atoms with van der Waals surface area (Å²) in [6.45, 7) is 0.398. The first-order valence-electron chi connectivity index (χ1n) is 8.24. The molecule has 3 N–H and O–H groups in total. The minimum absolute atomic E-state index is 0.0830. The summed E-state index contributed by atoms with van der Waals surface area (Å²) < 4.78 is 18.9. The summed E-state index contributed by atoms with van der Waals surface area (Å²) >= 11 is 6.32. The van der Waals surface area contributed by atoms with Gasteiger partial charge < -0.3 is 15.8 Å². The molecule has 1 saturated heterocycles. The molecule has 1 fully saturated rings. The summed E-state index contributed by atoms with van der Waals surface area (Å²) in [4.78, 5) is 12.6. The molecule has 0 bridgehead atoms. The lowest BCUT2D eigenvalue weighted by molar-refractivity contribution is -0.132. The number of halogens is 2. The molecule has 2 aromatic carbocycles. The van der Waals surface area contributed by atoms with Gasteiger partial charge >= 0.3 is 0 Å². The largest absolute Gasteiger partial charge is 0.364 e. The lowest BCUT2D eigenvalue weighted by Crippen LogP contribution is -2.38. The molecule has 1 aliphatic rings. The van der Waals surface area contributed by atoms with E-state index < -0.39 is 12.1 Å². The average Bonchev–Trinajstić information content (AvgIpc) is 3.10. The van der Waals surface area contributed by atoms with Crippen molar-refractivity contribution in [1.82, 2.24) is 5.32 Å². The minimum Gasteiger partial charge on any atom is -0.364 e. The van der Waals surface area contributed by atoms with Crippen molar-refractivity contribution in [1.29, 1.82) is 0 Å². The molecular weight excluding hydrogens is 343 g/mol. The van der Waals surface area contributed by atoms with Crippen LogP contribution >= 0.6 is 11.6 Å². The molecular formula is C19H20ClFN2O2. The van der Waals surface area contributed by atoms with Crippen LogP contribution in [0.5, 0.6) is 0 Å². The van der Waals surface area contributed by atoms with Gasteiger partial charge in [-0.3, -0.25) is 4.79 Å². The van der Waals surface area contributed by atoms with Gasteiger partial charge in [-0.25, -0.2) is 4.39 Å². The maximum atomic E-state index is 13.3. The summed E-state index contributed by atoms with van der Waals surface area (Å²) in [6, 6.07) is 12.8. The fraction of sp³-hybridized carbons (Fsp3) is 0.316. The molecule has 1 unspecified atom stereocenters. The summed E-state index contributed by atoms with van der Waals surface area (Å²) in [5, 5.41) is 3.52. The zero-order chi connectivity index (χ0) is 17.8. The number of carbonyl (C=O) groups excluding carboxylic acids is 1. The molecule has 2 aromatic rings. The van der Waals surface area contributed by atoms with Gasteiger partial charge in [0.2, 0.25) is 5.91 Å². The van der Waals surface area contributed by atoms with E-state index >= 15 is 0 Å². The van der Waals surface area contributed by atoms with Crippen LogP contribution in [0.4, 0.5) is 4.39 Å². The van der Waals surface area contributed by atoms with E-state index in [4.69, 9.17) is 22.1 Å². The van der Waals surface area contributed by atoms with E-state index in [-0.39, 0.29) is 17.8 Å². The van der Waals surface area contributed by atoms with Crippen LogP contribution in [0, 0.1) is 5.82 Å². The number of nitrogens with two attached hydrogens (primary N) is 1. The molecule has 25 heavy (non-hydrogen) atoms. The standard InChI is InChI=1S/C19H20ClFN2O2/c20-16-4-2-1-3-15(16)18(12-5-7-13(21)8-6-12)23-19(24)17-10-9-14(11-22)25-17/h1-8,14,17-18H,9-11,22H2,(H,23,24)/t14-,17+,18?/m1/s1. The lowest BCUT2D eigenvalue weighted by Gasteiger charge is -2.23. The van der Waals surface area contributed by atoms with E-state index in [9.17, 15) is 9.18 Å². The average molecular weight is 363 g/mol. The highest BCUT2D eigenvalue weighted by Crippen LogP contribution is 2.29. The number of ether oxygens (including phenoxy) is 1. The maximum absolute atomic E-state index is 13.3. The quantitative estimate of drug-likeness (QED) is 0.858. The Morgan fingerprint density at radius 3 is 2.60 bits per heavy atom. The monoisotopic (exact) mass is 362 g/mol. The number of hydrogen-bond donors (Lipinski definition) is 2. The molecule has 132 valence electrons. The normalized spacial score (nSPS) is 21.1. The highest BCUT2D eigenvalue weighted by Gasteiger charge is 2.31.